The summed E-state index contributed by atoms with van der Waals surface area (Å²) in [4.78, 5) is 3.92. The van der Waals surface area contributed by atoms with Gasteiger partial charge in [-0.3, -0.25) is 0 Å². The largest absolute Gasteiger partial charge is 0.390 e. The van der Waals surface area contributed by atoms with Crippen LogP contribution in [0.3, 0.4) is 0 Å². The average Bonchev–Trinajstić information content (AvgIpc) is 2.65. The molecule has 1 heterocycles. The maximum Gasteiger partial charge on any atom is 0.123 e. The zero-order valence-electron chi connectivity index (χ0n) is 8.68. The van der Waals surface area contributed by atoms with Gasteiger partial charge >= 0.3 is 0 Å². The van der Waals surface area contributed by atoms with Crippen LogP contribution in [0.25, 0.3) is 0 Å². The van der Waals surface area contributed by atoms with Crippen LogP contribution in [0.4, 0.5) is 4.39 Å². The van der Waals surface area contributed by atoms with Gasteiger partial charge in [-0.2, -0.15) is 0 Å². The molecule has 16 heavy (non-hydrogen) atoms. The molecule has 1 radical (unpaired) electrons. The maximum absolute atomic E-state index is 12.9. The average molecular weight is 433 g/mol. The summed E-state index contributed by atoms with van der Waals surface area (Å²) >= 11 is 0. The first kappa shape index (κ1) is 13.8. The summed E-state index contributed by atoms with van der Waals surface area (Å²) in [6.45, 7) is 0.461. The molecular formula is C11H11AcFN2O. The molecule has 0 saturated carbocycles. The van der Waals surface area contributed by atoms with Gasteiger partial charge in [-0.1, -0.05) is 12.1 Å². The topological polar surface area (TPSA) is 38.1 Å². The Balaban J connectivity index is 0.00000128. The van der Waals surface area contributed by atoms with Crippen molar-refractivity contribution in [2.45, 2.75) is 13.2 Å². The van der Waals surface area contributed by atoms with Crippen LogP contribution in [0.2, 0.25) is 0 Å². The monoisotopic (exact) mass is 433 g/mol. The van der Waals surface area contributed by atoms with Crippen molar-refractivity contribution in [1.29, 1.82) is 0 Å². The number of imidazole rings is 1. The number of rotatable bonds is 3. The van der Waals surface area contributed by atoms with Crippen LogP contribution in [0.15, 0.2) is 36.8 Å². The van der Waals surface area contributed by atoms with Gasteiger partial charge in [0.05, 0.1) is 24.8 Å². The number of benzene rings is 1. The third-order valence-electron chi connectivity index (χ3n) is 2.20. The predicted molar refractivity (Wildman–Crippen MR) is 53.7 cm³/mol. The number of aliphatic hydroxyl groups excluding tert-OH is 1. The van der Waals surface area contributed by atoms with Crippen LogP contribution in [-0.4, -0.2) is 14.7 Å². The minimum Gasteiger partial charge on any atom is -0.390 e. The predicted octanol–water partition coefficient (Wildman–Crippen LogP) is 1.56. The molecule has 0 aliphatic carbocycles. The number of hydrogen-bond acceptors (Lipinski definition) is 2. The van der Waals surface area contributed by atoms with E-state index in [9.17, 15) is 4.39 Å². The Bertz CT molecular complexity index is 459. The number of halogens is 1. The fraction of sp³-hybridized carbons (Fsp3) is 0.182. The molecular weight excluding hydrogens is 422 g/mol. The van der Waals surface area contributed by atoms with Crippen LogP contribution in [0, 0.1) is 49.9 Å². The summed E-state index contributed by atoms with van der Waals surface area (Å²) in [7, 11) is 0. The van der Waals surface area contributed by atoms with Crippen molar-refractivity contribution in [2.75, 3.05) is 0 Å². The molecule has 1 aromatic heterocycles. The fourth-order valence-corrected chi connectivity index (χ4v) is 1.45. The number of aromatic nitrogens is 2. The molecule has 0 fully saturated rings. The van der Waals surface area contributed by atoms with Gasteiger partial charge in [-0.25, -0.2) is 9.37 Å². The zero-order chi connectivity index (χ0) is 10.7. The SMILES string of the molecule is OCc1cncn1Cc1cccc(F)c1.[Ac]. The van der Waals surface area contributed by atoms with Crippen LogP contribution in [0.5, 0.6) is 0 Å². The Morgan fingerprint density at radius 2 is 2.19 bits per heavy atom. The van der Waals surface area contributed by atoms with Gasteiger partial charge in [0.2, 0.25) is 0 Å². The molecule has 0 spiro atoms. The molecule has 0 aliphatic rings. The smallest absolute Gasteiger partial charge is 0.123 e. The summed E-state index contributed by atoms with van der Waals surface area (Å²) in [6, 6.07) is 6.38. The van der Waals surface area contributed by atoms with E-state index >= 15 is 0 Å². The second-order valence-corrected chi connectivity index (χ2v) is 3.30. The molecule has 81 valence electrons. The first-order valence-electron chi connectivity index (χ1n) is 4.64. The van der Waals surface area contributed by atoms with Crippen LogP contribution in [0.1, 0.15) is 11.3 Å². The number of nitrogens with zero attached hydrogens (tertiary/aromatic N) is 2. The van der Waals surface area contributed by atoms with Crippen molar-refractivity contribution in [3.63, 3.8) is 0 Å². The van der Waals surface area contributed by atoms with Gasteiger partial charge in [0.1, 0.15) is 5.82 Å². The summed E-state index contributed by atoms with van der Waals surface area (Å²) in [5.41, 5.74) is 1.57. The van der Waals surface area contributed by atoms with Crippen molar-refractivity contribution in [3.05, 3.63) is 53.9 Å². The maximum atomic E-state index is 12.9. The third kappa shape index (κ3) is 3.38. The first-order chi connectivity index (χ1) is 7.29. The van der Waals surface area contributed by atoms with Gasteiger partial charge in [0.15, 0.2) is 0 Å². The summed E-state index contributed by atoms with van der Waals surface area (Å²) in [6.07, 6.45) is 3.22. The fourth-order valence-electron chi connectivity index (χ4n) is 1.45. The van der Waals surface area contributed by atoms with Crippen LogP contribution >= 0.6 is 0 Å². The Labute approximate surface area is 129 Å². The molecule has 2 aromatic rings. The van der Waals surface area contributed by atoms with E-state index in [0.717, 1.165) is 11.3 Å². The van der Waals surface area contributed by atoms with E-state index < -0.39 is 0 Å². The number of hydrogen-bond donors (Lipinski definition) is 1. The first-order valence-corrected chi connectivity index (χ1v) is 4.64. The zero-order valence-corrected chi connectivity index (χ0v) is 13.4. The van der Waals surface area contributed by atoms with Gasteiger partial charge in [-0.15, -0.1) is 0 Å². The van der Waals surface area contributed by atoms with Gasteiger partial charge < -0.3 is 9.67 Å². The minimum atomic E-state index is -0.252. The van der Waals surface area contributed by atoms with E-state index in [1.807, 2.05) is 6.07 Å². The molecule has 5 heteroatoms. The Morgan fingerprint density at radius 1 is 1.38 bits per heavy atom. The molecule has 0 amide bonds. The second-order valence-electron chi connectivity index (χ2n) is 3.30. The van der Waals surface area contributed by atoms with E-state index in [2.05, 4.69) is 4.98 Å². The quantitative estimate of drug-likeness (QED) is 0.799. The second kappa shape index (κ2) is 6.49. The van der Waals surface area contributed by atoms with Crippen molar-refractivity contribution in [2.24, 2.45) is 0 Å². The van der Waals surface area contributed by atoms with Crippen molar-refractivity contribution < 1.29 is 53.6 Å². The van der Waals surface area contributed by atoms with Crippen molar-refractivity contribution in [1.82, 2.24) is 9.55 Å². The van der Waals surface area contributed by atoms with Gasteiger partial charge in [-0.05, 0) is 17.7 Å². The van der Waals surface area contributed by atoms with Crippen LogP contribution < -0.4 is 0 Å². The molecule has 0 unspecified atom stereocenters. The third-order valence-corrected chi connectivity index (χ3v) is 2.20. The molecule has 2 rings (SSSR count). The molecule has 0 saturated heterocycles. The minimum absolute atomic E-state index is 0. The molecule has 1 N–H and O–H groups in total. The number of aliphatic hydroxyl groups is 1. The van der Waals surface area contributed by atoms with Crippen molar-refractivity contribution in [3.8, 4) is 0 Å². The summed E-state index contributed by atoms with van der Waals surface area (Å²) < 4.78 is 14.7. The Hall–Kier alpha value is -0.238. The van der Waals surface area contributed by atoms with E-state index in [1.165, 1.54) is 12.1 Å². The summed E-state index contributed by atoms with van der Waals surface area (Å²) in [5, 5.41) is 9.01. The van der Waals surface area contributed by atoms with Gasteiger partial charge in [0.25, 0.3) is 0 Å². The standard InChI is InChI=1S/C11H11FN2O.Ac/c12-10-3-1-2-9(4-10)6-14-8-13-5-11(14)7-15;/h1-5,8,15H,6-7H2;. The Kier molecular flexibility index (Phi) is 5.60. The summed E-state index contributed by atoms with van der Waals surface area (Å²) in [5.74, 6) is -0.252. The van der Waals surface area contributed by atoms with E-state index in [-0.39, 0.29) is 56.5 Å². The van der Waals surface area contributed by atoms with Crippen molar-refractivity contribution >= 4 is 0 Å². The normalized spacial score (nSPS) is 9.88. The molecule has 0 atom stereocenters. The molecule has 0 aliphatic heterocycles. The van der Waals surface area contributed by atoms with E-state index in [4.69, 9.17) is 5.11 Å². The van der Waals surface area contributed by atoms with Gasteiger partial charge in [0, 0.05) is 50.6 Å². The Morgan fingerprint density at radius 3 is 2.88 bits per heavy atom. The van der Waals surface area contributed by atoms with Crippen LogP contribution in [-0.2, 0) is 13.2 Å². The molecule has 1 aromatic carbocycles. The van der Waals surface area contributed by atoms with E-state index in [1.54, 1.807) is 23.2 Å². The molecule has 0 bridgehead atoms. The van der Waals surface area contributed by atoms with E-state index in [0.29, 0.717) is 6.54 Å². The molecule has 3 nitrogen and oxygen atoms in total.